The van der Waals surface area contributed by atoms with Crippen LogP contribution in [0.25, 0.3) is 10.9 Å². The Morgan fingerprint density at radius 3 is 2.47 bits per heavy atom. The maximum absolute atomic E-state index is 12.9. The zero-order valence-corrected chi connectivity index (χ0v) is 8.91. The minimum atomic E-state index is -0.940. The fourth-order valence-electron chi connectivity index (χ4n) is 1.28. The third-order valence-electron chi connectivity index (χ3n) is 2.03. The molecule has 0 saturated heterocycles. The number of fused-ring (bicyclic) bond motifs is 1. The molecular formula is C10H5Cl2F2N. The van der Waals surface area contributed by atoms with E-state index in [9.17, 15) is 8.78 Å². The lowest BCUT2D eigenvalue weighted by atomic mass is 10.1. The van der Waals surface area contributed by atoms with Crippen LogP contribution in [-0.2, 0) is 5.88 Å². The highest BCUT2D eigenvalue weighted by molar-refractivity contribution is 6.31. The molecule has 0 bridgehead atoms. The van der Waals surface area contributed by atoms with Crippen molar-refractivity contribution in [2.75, 3.05) is 0 Å². The van der Waals surface area contributed by atoms with Gasteiger partial charge in [0.15, 0.2) is 11.6 Å². The summed E-state index contributed by atoms with van der Waals surface area (Å²) in [6.07, 6.45) is 0. The number of hydrogen-bond donors (Lipinski definition) is 0. The minimum absolute atomic E-state index is 0.181. The molecule has 0 atom stereocenters. The van der Waals surface area contributed by atoms with Gasteiger partial charge in [0.05, 0.1) is 11.4 Å². The molecule has 0 aliphatic carbocycles. The Kier molecular flexibility index (Phi) is 2.76. The maximum Gasteiger partial charge on any atom is 0.161 e. The van der Waals surface area contributed by atoms with Gasteiger partial charge in [-0.05, 0) is 12.1 Å². The smallest absolute Gasteiger partial charge is 0.161 e. The van der Waals surface area contributed by atoms with Crippen molar-refractivity contribution in [1.29, 1.82) is 0 Å². The number of benzene rings is 1. The molecule has 0 spiro atoms. The summed E-state index contributed by atoms with van der Waals surface area (Å²) in [5, 5.41) is 0.692. The summed E-state index contributed by atoms with van der Waals surface area (Å²) in [6.45, 7) is 0. The molecule has 0 aliphatic heterocycles. The van der Waals surface area contributed by atoms with Crippen LogP contribution in [0.15, 0.2) is 18.2 Å². The van der Waals surface area contributed by atoms with Gasteiger partial charge in [0.25, 0.3) is 0 Å². The Bertz CT molecular complexity index is 528. The molecule has 0 saturated carbocycles. The topological polar surface area (TPSA) is 12.9 Å². The minimum Gasteiger partial charge on any atom is -0.236 e. The Labute approximate surface area is 94.6 Å². The molecule has 1 aromatic heterocycles. The summed E-state index contributed by atoms with van der Waals surface area (Å²) in [4.78, 5) is 3.92. The number of pyridine rings is 1. The Morgan fingerprint density at radius 2 is 1.80 bits per heavy atom. The van der Waals surface area contributed by atoms with E-state index in [-0.39, 0.29) is 11.0 Å². The van der Waals surface area contributed by atoms with Crippen molar-refractivity contribution in [1.82, 2.24) is 4.98 Å². The third-order valence-corrected chi connectivity index (χ3v) is 2.64. The van der Waals surface area contributed by atoms with Crippen molar-refractivity contribution in [2.45, 2.75) is 5.88 Å². The van der Waals surface area contributed by atoms with E-state index < -0.39 is 11.6 Å². The highest BCUT2D eigenvalue weighted by Gasteiger charge is 2.08. The molecule has 78 valence electrons. The first kappa shape index (κ1) is 10.6. The number of rotatable bonds is 1. The molecule has 1 nitrogen and oxygen atoms in total. The van der Waals surface area contributed by atoms with Crippen molar-refractivity contribution in [2.24, 2.45) is 0 Å². The van der Waals surface area contributed by atoms with E-state index in [1.54, 1.807) is 6.07 Å². The highest BCUT2D eigenvalue weighted by atomic mass is 35.5. The second kappa shape index (κ2) is 3.91. The molecule has 0 aliphatic rings. The zero-order chi connectivity index (χ0) is 11.0. The lowest BCUT2D eigenvalue weighted by molar-refractivity contribution is 0.510. The van der Waals surface area contributed by atoms with E-state index in [1.807, 2.05) is 0 Å². The van der Waals surface area contributed by atoms with Gasteiger partial charge >= 0.3 is 0 Å². The van der Waals surface area contributed by atoms with Gasteiger partial charge in [0.2, 0.25) is 0 Å². The summed E-state index contributed by atoms with van der Waals surface area (Å²) >= 11 is 11.4. The van der Waals surface area contributed by atoms with Crippen LogP contribution in [0.2, 0.25) is 5.15 Å². The summed E-state index contributed by atoms with van der Waals surface area (Å²) in [5.41, 5.74) is 0.907. The van der Waals surface area contributed by atoms with Gasteiger partial charge in [0.1, 0.15) is 5.15 Å². The van der Waals surface area contributed by atoms with E-state index in [4.69, 9.17) is 23.2 Å². The molecule has 5 heteroatoms. The van der Waals surface area contributed by atoms with Crippen molar-refractivity contribution in [3.8, 4) is 0 Å². The van der Waals surface area contributed by atoms with Gasteiger partial charge in [0, 0.05) is 17.0 Å². The Morgan fingerprint density at radius 1 is 1.13 bits per heavy atom. The Hall–Kier alpha value is -0.930. The number of halogens is 4. The fourth-order valence-corrected chi connectivity index (χ4v) is 1.77. The van der Waals surface area contributed by atoms with Crippen LogP contribution in [0, 0.1) is 11.6 Å². The van der Waals surface area contributed by atoms with Crippen LogP contribution in [-0.4, -0.2) is 4.98 Å². The summed E-state index contributed by atoms with van der Waals surface area (Å²) in [5.74, 6) is -1.67. The van der Waals surface area contributed by atoms with Crippen LogP contribution in [0.5, 0.6) is 0 Å². The standard InChI is InChI=1S/C10H5Cl2F2N/c11-4-6-1-5-2-7(13)8(14)3-9(5)15-10(6)12/h1-3H,4H2. The molecule has 2 aromatic rings. The summed E-state index contributed by atoms with van der Waals surface area (Å²) < 4.78 is 25.8. The van der Waals surface area contributed by atoms with E-state index in [0.717, 1.165) is 12.1 Å². The average molecular weight is 248 g/mol. The first-order valence-corrected chi connectivity index (χ1v) is 5.03. The van der Waals surface area contributed by atoms with Gasteiger partial charge in [-0.3, -0.25) is 0 Å². The van der Waals surface area contributed by atoms with E-state index in [0.29, 0.717) is 16.5 Å². The predicted molar refractivity (Wildman–Crippen MR) is 56.2 cm³/mol. The van der Waals surface area contributed by atoms with E-state index in [2.05, 4.69) is 4.98 Å². The predicted octanol–water partition coefficient (Wildman–Crippen LogP) is 3.91. The molecule has 2 rings (SSSR count). The fraction of sp³-hybridized carbons (Fsp3) is 0.100. The van der Waals surface area contributed by atoms with Gasteiger partial charge in [-0.25, -0.2) is 13.8 Å². The molecule has 0 unspecified atom stereocenters. The van der Waals surface area contributed by atoms with Crippen molar-refractivity contribution >= 4 is 34.1 Å². The second-order valence-electron chi connectivity index (χ2n) is 3.03. The molecule has 1 heterocycles. The van der Waals surface area contributed by atoms with Crippen LogP contribution in [0.1, 0.15) is 5.56 Å². The SMILES string of the molecule is Fc1cc2cc(CCl)c(Cl)nc2cc1F. The van der Waals surface area contributed by atoms with Gasteiger partial charge < -0.3 is 0 Å². The first-order chi connectivity index (χ1) is 7.11. The molecule has 0 fully saturated rings. The number of nitrogens with zero attached hydrogens (tertiary/aromatic N) is 1. The van der Waals surface area contributed by atoms with Gasteiger partial charge in [-0.2, -0.15) is 0 Å². The van der Waals surface area contributed by atoms with Crippen molar-refractivity contribution < 1.29 is 8.78 Å². The lowest BCUT2D eigenvalue weighted by Crippen LogP contribution is -1.90. The number of alkyl halides is 1. The van der Waals surface area contributed by atoms with Crippen LogP contribution in [0.4, 0.5) is 8.78 Å². The van der Waals surface area contributed by atoms with Gasteiger partial charge in [-0.1, -0.05) is 11.6 Å². The molecular weight excluding hydrogens is 243 g/mol. The molecule has 0 N–H and O–H groups in total. The van der Waals surface area contributed by atoms with Crippen LogP contribution >= 0.6 is 23.2 Å². The Balaban J connectivity index is 2.76. The zero-order valence-electron chi connectivity index (χ0n) is 7.40. The maximum atomic E-state index is 12.9. The first-order valence-electron chi connectivity index (χ1n) is 4.12. The molecule has 1 aromatic carbocycles. The third kappa shape index (κ3) is 1.90. The van der Waals surface area contributed by atoms with Crippen molar-refractivity contribution in [3.63, 3.8) is 0 Å². The van der Waals surface area contributed by atoms with E-state index in [1.165, 1.54) is 0 Å². The largest absolute Gasteiger partial charge is 0.236 e. The summed E-state index contributed by atoms with van der Waals surface area (Å²) in [6, 6.07) is 3.68. The number of hydrogen-bond acceptors (Lipinski definition) is 1. The van der Waals surface area contributed by atoms with E-state index >= 15 is 0 Å². The molecule has 15 heavy (non-hydrogen) atoms. The van der Waals surface area contributed by atoms with Gasteiger partial charge in [-0.15, -0.1) is 11.6 Å². The summed E-state index contributed by atoms with van der Waals surface area (Å²) in [7, 11) is 0. The molecule has 0 amide bonds. The van der Waals surface area contributed by atoms with Crippen LogP contribution in [0.3, 0.4) is 0 Å². The van der Waals surface area contributed by atoms with Crippen molar-refractivity contribution in [3.05, 3.63) is 40.6 Å². The normalized spacial score (nSPS) is 10.9. The quantitative estimate of drug-likeness (QED) is 0.550. The highest BCUT2D eigenvalue weighted by Crippen LogP contribution is 2.23. The lowest BCUT2D eigenvalue weighted by Gasteiger charge is -2.03. The number of aromatic nitrogens is 1. The monoisotopic (exact) mass is 247 g/mol. The molecule has 0 radical (unpaired) electrons. The average Bonchev–Trinajstić information content (AvgIpc) is 2.20. The van der Waals surface area contributed by atoms with Crippen LogP contribution < -0.4 is 0 Å². The second-order valence-corrected chi connectivity index (χ2v) is 3.66.